The first kappa shape index (κ1) is 26.3. The molecule has 1 atom stereocenters. The van der Waals surface area contributed by atoms with Crippen LogP contribution >= 0.6 is 15.9 Å². The van der Waals surface area contributed by atoms with Crippen molar-refractivity contribution in [1.29, 1.82) is 0 Å². The fourth-order valence-electron chi connectivity index (χ4n) is 3.73. The molecule has 37 heavy (non-hydrogen) atoms. The van der Waals surface area contributed by atoms with Gasteiger partial charge in [-0.15, -0.1) is 0 Å². The van der Waals surface area contributed by atoms with Crippen LogP contribution in [0.2, 0.25) is 0 Å². The van der Waals surface area contributed by atoms with E-state index in [-0.39, 0.29) is 29.8 Å². The molecule has 0 aliphatic heterocycles. The normalized spacial score (nSPS) is 12.1. The maximum absolute atomic E-state index is 12.7. The summed E-state index contributed by atoms with van der Waals surface area (Å²) in [4.78, 5) is 29.1. The van der Waals surface area contributed by atoms with Gasteiger partial charge in [-0.1, -0.05) is 48.5 Å². The lowest BCUT2D eigenvalue weighted by atomic mass is 10.00. The molecule has 10 heteroatoms. The molecule has 0 aliphatic rings. The van der Waals surface area contributed by atoms with Crippen LogP contribution in [-0.2, 0) is 14.8 Å². The summed E-state index contributed by atoms with van der Waals surface area (Å²) >= 11 is 3.44. The number of nitrogens with zero attached hydrogens (tertiary/aromatic N) is 1. The molecule has 2 amide bonds. The van der Waals surface area contributed by atoms with Gasteiger partial charge in [0.05, 0.1) is 23.0 Å². The van der Waals surface area contributed by atoms with Crippen molar-refractivity contribution in [2.45, 2.75) is 12.8 Å². The highest BCUT2D eigenvalue weighted by atomic mass is 79.9. The molecule has 1 unspecified atom stereocenters. The van der Waals surface area contributed by atoms with Crippen LogP contribution in [0.25, 0.3) is 10.8 Å². The zero-order valence-corrected chi connectivity index (χ0v) is 22.3. The second-order valence-corrected chi connectivity index (χ2v) is 11.1. The van der Waals surface area contributed by atoms with Crippen LogP contribution in [0.5, 0.6) is 0 Å². The first-order valence-electron chi connectivity index (χ1n) is 11.5. The van der Waals surface area contributed by atoms with Crippen molar-refractivity contribution >= 4 is 59.9 Å². The molecule has 0 saturated carbocycles. The van der Waals surface area contributed by atoms with Crippen molar-refractivity contribution in [2.75, 3.05) is 22.3 Å². The molecule has 0 aliphatic carbocycles. The van der Waals surface area contributed by atoms with Crippen molar-refractivity contribution in [3.05, 3.63) is 101 Å². The second-order valence-electron chi connectivity index (χ2n) is 8.37. The lowest BCUT2D eigenvalue weighted by molar-refractivity contribution is -0.122. The molecule has 1 heterocycles. The Morgan fingerprint density at radius 2 is 1.70 bits per heavy atom. The number of nitrogens with one attached hydrogen (secondary N) is 3. The van der Waals surface area contributed by atoms with Crippen LogP contribution in [0, 0.1) is 0 Å². The molecular weight excluding hydrogens is 556 g/mol. The fourth-order valence-corrected chi connectivity index (χ4v) is 5.21. The molecule has 8 nitrogen and oxygen atoms in total. The second kappa shape index (κ2) is 11.5. The number of benzene rings is 3. The van der Waals surface area contributed by atoms with E-state index in [2.05, 4.69) is 36.3 Å². The van der Waals surface area contributed by atoms with Crippen LogP contribution in [0.1, 0.15) is 28.9 Å². The van der Waals surface area contributed by atoms with E-state index < -0.39 is 15.9 Å². The molecule has 4 aromatic rings. The summed E-state index contributed by atoms with van der Waals surface area (Å²) in [7, 11) is -3.68. The number of carbonyl (C=O) groups is 2. The Kier molecular flexibility index (Phi) is 8.20. The Balaban J connectivity index is 1.33. The first-order chi connectivity index (χ1) is 17.7. The molecule has 3 N–H and O–H groups in total. The lowest BCUT2D eigenvalue weighted by Crippen LogP contribution is -2.33. The van der Waals surface area contributed by atoms with Crippen molar-refractivity contribution in [2.24, 2.45) is 0 Å². The summed E-state index contributed by atoms with van der Waals surface area (Å²) in [5.41, 5.74) is 2.03. The third-order valence-corrected chi connectivity index (χ3v) is 7.69. The van der Waals surface area contributed by atoms with E-state index in [0.29, 0.717) is 21.4 Å². The van der Waals surface area contributed by atoms with E-state index in [1.807, 2.05) is 30.3 Å². The molecule has 1 aromatic heterocycles. The fraction of sp³-hybridized carbons (Fsp3) is 0.148. The number of pyridine rings is 1. The quantitative estimate of drug-likeness (QED) is 0.260. The summed E-state index contributed by atoms with van der Waals surface area (Å²) in [6.07, 6.45) is 1.54. The largest absolute Gasteiger partial charge is 0.354 e. The molecule has 190 valence electrons. The number of anilines is 2. The van der Waals surface area contributed by atoms with Gasteiger partial charge in [0.2, 0.25) is 15.9 Å². The van der Waals surface area contributed by atoms with Gasteiger partial charge in [0.25, 0.3) is 5.91 Å². The monoisotopic (exact) mass is 580 g/mol. The minimum absolute atomic E-state index is 0.0390. The number of sulfonamides is 1. The van der Waals surface area contributed by atoms with Gasteiger partial charge >= 0.3 is 0 Å². The summed E-state index contributed by atoms with van der Waals surface area (Å²) in [6, 6.07) is 23.2. The maximum Gasteiger partial charge on any atom is 0.274 e. The van der Waals surface area contributed by atoms with Crippen LogP contribution in [0.3, 0.4) is 0 Å². The number of hydrogen-bond donors (Lipinski definition) is 3. The minimum atomic E-state index is -3.68. The predicted molar refractivity (Wildman–Crippen MR) is 149 cm³/mol. The van der Waals surface area contributed by atoms with Gasteiger partial charge in [0.1, 0.15) is 5.69 Å². The minimum Gasteiger partial charge on any atom is -0.354 e. The molecule has 0 bridgehead atoms. The highest BCUT2D eigenvalue weighted by molar-refractivity contribution is 9.10. The summed E-state index contributed by atoms with van der Waals surface area (Å²) in [6.45, 7) is 1.69. The molecule has 0 radical (unpaired) electrons. The van der Waals surface area contributed by atoms with E-state index in [9.17, 15) is 18.0 Å². The van der Waals surface area contributed by atoms with E-state index >= 15 is 0 Å². The highest BCUT2D eigenvalue weighted by Crippen LogP contribution is 2.28. The van der Waals surface area contributed by atoms with Gasteiger partial charge in [0, 0.05) is 22.6 Å². The molecule has 0 saturated heterocycles. The Hall–Kier alpha value is -3.76. The zero-order chi connectivity index (χ0) is 26.4. The maximum atomic E-state index is 12.7. The summed E-state index contributed by atoms with van der Waals surface area (Å²) in [5.74, 6) is -1.46. The average Bonchev–Trinajstić information content (AvgIpc) is 2.89. The van der Waals surface area contributed by atoms with Gasteiger partial charge in [0.15, 0.2) is 0 Å². The van der Waals surface area contributed by atoms with Gasteiger partial charge < -0.3 is 10.6 Å². The van der Waals surface area contributed by atoms with Crippen molar-refractivity contribution in [1.82, 2.24) is 10.3 Å². The van der Waals surface area contributed by atoms with E-state index in [1.54, 1.807) is 55.5 Å². The van der Waals surface area contributed by atoms with E-state index in [4.69, 9.17) is 0 Å². The molecule has 3 aromatic carbocycles. The first-order valence-corrected chi connectivity index (χ1v) is 14.0. The number of carbonyl (C=O) groups excluding carboxylic acids is 2. The molecular formula is C27H25BrN4O4S. The van der Waals surface area contributed by atoms with Gasteiger partial charge in [-0.3, -0.25) is 19.3 Å². The number of rotatable bonds is 9. The van der Waals surface area contributed by atoms with E-state index in [1.165, 1.54) is 6.20 Å². The Labute approximate surface area is 223 Å². The van der Waals surface area contributed by atoms with Gasteiger partial charge in [-0.25, -0.2) is 8.42 Å². The third-order valence-electron chi connectivity index (χ3n) is 5.76. The van der Waals surface area contributed by atoms with Crippen molar-refractivity contribution in [3.63, 3.8) is 0 Å². The van der Waals surface area contributed by atoms with Crippen molar-refractivity contribution in [3.8, 4) is 0 Å². The summed E-state index contributed by atoms with van der Waals surface area (Å²) in [5, 5.41) is 7.21. The van der Waals surface area contributed by atoms with Crippen LogP contribution in [-0.4, -0.2) is 37.5 Å². The molecule has 4 rings (SSSR count). The highest BCUT2D eigenvalue weighted by Gasteiger charge is 2.19. The number of fused-ring (bicyclic) bond motifs is 1. The predicted octanol–water partition coefficient (Wildman–Crippen LogP) is 4.91. The Morgan fingerprint density at radius 3 is 2.46 bits per heavy atom. The van der Waals surface area contributed by atoms with Crippen LogP contribution in [0.4, 0.5) is 11.4 Å². The third kappa shape index (κ3) is 6.72. The molecule has 0 fully saturated rings. The van der Waals surface area contributed by atoms with Crippen LogP contribution < -0.4 is 15.4 Å². The van der Waals surface area contributed by atoms with Crippen LogP contribution in [0.15, 0.2) is 89.5 Å². The Bertz CT molecular complexity index is 1540. The zero-order valence-electron chi connectivity index (χ0n) is 19.9. The number of aromatic nitrogens is 1. The van der Waals surface area contributed by atoms with E-state index in [0.717, 1.165) is 10.8 Å². The molecule has 0 spiro atoms. The standard InChI is InChI=1S/C27H25BrN4O4S/c1-18(20-12-13-24(22(28)17-20)31-27(34)25-10-4-5-14-29-25)26(33)30-15-16-37(35,36)32-23-11-6-8-19-7-2-3-9-21(19)23/h2-14,17-18,32H,15-16H2,1H3,(H,30,33)(H,31,34). The number of hydrogen-bond acceptors (Lipinski definition) is 5. The smallest absolute Gasteiger partial charge is 0.274 e. The summed E-state index contributed by atoms with van der Waals surface area (Å²) < 4.78 is 28.5. The number of halogens is 1. The number of amides is 2. The van der Waals surface area contributed by atoms with Gasteiger partial charge in [-0.2, -0.15) is 0 Å². The van der Waals surface area contributed by atoms with Crippen molar-refractivity contribution < 1.29 is 18.0 Å². The lowest BCUT2D eigenvalue weighted by Gasteiger charge is -2.15. The Morgan fingerprint density at radius 1 is 0.946 bits per heavy atom. The SMILES string of the molecule is CC(C(=O)NCCS(=O)(=O)Nc1cccc2ccccc12)c1ccc(NC(=O)c2ccccn2)c(Br)c1. The topological polar surface area (TPSA) is 117 Å². The average molecular weight is 581 g/mol. The van der Waals surface area contributed by atoms with Gasteiger partial charge in [-0.05, 0) is 64.1 Å².